The van der Waals surface area contributed by atoms with Crippen LogP contribution in [0.2, 0.25) is 0 Å². The molecule has 1 aromatic rings. The summed E-state index contributed by atoms with van der Waals surface area (Å²) in [6.45, 7) is 7.33. The molecule has 0 bridgehead atoms. The Hall–Kier alpha value is -1.91. The first-order valence-electron chi connectivity index (χ1n) is 8.86. The van der Waals surface area contributed by atoms with Crippen molar-refractivity contribution in [2.75, 3.05) is 6.79 Å². The number of fused-ring (bicyclic) bond motifs is 1. The molecule has 0 aromatic heterocycles. The van der Waals surface area contributed by atoms with Gasteiger partial charge in [0.15, 0.2) is 11.5 Å². The van der Waals surface area contributed by atoms with Crippen LogP contribution in [0.1, 0.15) is 45.6 Å². The van der Waals surface area contributed by atoms with Crippen LogP contribution in [0.25, 0.3) is 0 Å². The first-order chi connectivity index (χ1) is 11.5. The maximum absolute atomic E-state index is 12.2. The molecule has 3 rings (SSSR count). The summed E-state index contributed by atoms with van der Waals surface area (Å²) in [5.74, 6) is 3.08. The van der Waals surface area contributed by atoms with Gasteiger partial charge in [-0.3, -0.25) is 0 Å². The van der Waals surface area contributed by atoms with Gasteiger partial charge in [0.05, 0.1) is 0 Å². The minimum Gasteiger partial charge on any atom is -0.454 e. The molecule has 1 aliphatic carbocycles. The van der Waals surface area contributed by atoms with Gasteiger partial charge in [-0.05, 0) is 48.3 Å². The van der Waals surface area contributed by atoms with Gasteiger partial charge in [0.2, 0.25) is 6.79 Å². The molecule has 2 aliphatic rings. The van der Waals surface area contributed by atoms with Crippen LogP contribution in [0.5, 0.6) is 11.5 Å². The van der Waals surface area contributed by atoms with Crippen molar-refractivity contribution < 1.29 is 19.0 Å². The second kappa shape index (κ2) is 7.32. The van der Waals surface area contributed by atoms with Gasteiger partial charge < -0.3 is 19.5 Å². The third-order valence-electron chi connectivity index (χ3n) is 5.09. The standard InChI is InChI=1S/C19H27NO4/c1-12(2)15-6-4-13(3)8-17(15)24-19(21)20-10-14-5-7-16-18(9-14)23-11-22-16/h5,7,9,12-13,15,17H,4,6,8,10-11H2,1-3H3,(H,20,21)/t13?,15-,17-/m0/s1. The molecule has 0 spiro atoms. The van der Waals surface area contributed by atoms with E-state index in [4.69, 9.17) is 14.2 Å². The van der Waals surface area contributed by atoms with Gasteiger partial charge in [-0.15, -0.1) is 0 Å². The van der Waals surface area contributed by atoms with Crippen molar-refractivity contribution in [3.63, 3.8) is 0 Å². The van der Waals surface area contributed by atoms with E-state index >= 15 is 0 Å². The molecule has 5 heteroatoms. The molecule has 1 amide bonds. The highest BCUT2D eigenvalue weighted by atomic mass is 16.7. The summed E-state index contributed by atoms with van der Waals surface area (Å²) in [5, 5.41) is 2.85. The van der Waals surface area contributed by atoms with Crippen LogP contribution < -0.4 is 14.8 Å². The number of nitrogens with one attached hydrogen (secondary N) is 1. The number of carbonyl (C=O) groups is 1. The number of amides is 1. The van der Waals surface area contributed by atoms with Crippen LogP contribution in [0.3, 0.4) is 0 Å². The van der Waals surface area contributed by atoms with Gasteiger partial charge >= 0.3 is 6.09 Å². The van der Waals surface area contributed by atoms with E-state index in [1.807, 2.05) is 18.2 Å². The van der Waals surface area contributed by atoms with E-state index in [0.717, 1.165) is 29.9 Å². The smallest absolute Gasteiger partial charge is 0.407 e. The lowest BCUT2D eigenvalue weighted by molar-refractivity contribution is 0.00601. The van der Waals surface area contributed by atoms with Crippen molar-refractivity contribution in [2.45, 2.75) is 52.7 Å². The van der Waals surface area contributed by atoms with Crippen LogP contribution in [0.4, 0.5) is 4.79 Å². The van der Waals surface area contributed by atoms with Crippen molar-refractivity contribution in [1.82, 2.24) is 5.32 Å². The number of ether oxygens (including phenoxy) is 3. The van der Waals surface area contributed by atoms with E-state index < -0.39 is 0 Å². The Balaban J connectivity index is 1.53. The van der Waals surface area contributed by atoms with E-state index in [9.17, 15) is 4.79 Å². The fourth-order valence-electron chi connectivity index (χ4n) is 3.65. The SMILES string of the molecule is CC1CC[C@@H](C(C)C)[C@@H](OC(=O)NCc2ccc3c(c2)OCO3)C1. The highest BCUT2D eigenvalue weighted by Gasteiger charge is 2.33. The Morgan fingerprint density at radius 2 is 2.08 bits per heavy atom. The lowest BCUT2D eigenvalue weighted by atomic mass is 9.75. The van der Waals surface area contributed by atoms with Crippen molar-refractivity contribution in [3.8, 4) is 11.5 Å². The maximum Gasteiger partial charge on any atom is 0.407 e. The zero-order chi connectivity index (χ0) is 17.1. The number of hydrogen-bond donors (Lipinski definition) is 1. The van der Waals surface area contributed by atoms with Crippen LogP contribution >= 0.6 is 0 Å². The topological polar surface area (TPSA) is 56.8 Å². The van der Waals surface area contributed by atoms with Crippen LogP contribution in [-0.4, -0.2) is 19.0 Å². The summed E-state index contributed by atoms with van der Waals surface area (Å²) in [6.07, 6.45) is 3.00. The Labute approximate surface area is 143 Å². The minimum atomic E-state index is -0.336. The minimum absolute atomic E-state index is 0.0190. The highest BCUT2D eigenvalue weighted by molar-refractivity contribution is 5.67. The first kappa shape index (κ1) is 16.9. The van der Waals surface area contributed by atoms with Gasteiger partial charge in [0, 0.05) is 6.54 Å². The lowest BCUT2D eigenvalue weighted by Crippen LogP contribution is -2.38. The number of alkyl carbamates (subject to hydrolysis) is 1. The van der Waals surface area contributed by atoms with E-state index in [0.29, 0.717) is 24.3 Å². The predicted molar refractivity (Wildman–Crippen MR) is 91.0 cm³/mol. The molecule has 1 N–H and O–H groups in total. The summed E-state index contributed by atoms with van der Waals surface area (Å²) in [7, 11) is 0. The molecule has 1 heterocycles. The molecule has 3 atom stereocenters. The van der Waals surface area contributed by atoms with Crippen LogP contribution in [0.15, 0.2) is 18.2 Å². The molecule has 1 unspecified atom stereocenters. The number of carbonyl (C=O) groups excluding carboxylic acids is 1. The van der Waals surface area contributed by atoms with Gasteiger partial charge in [-0.1, -0.05) is 33.3 Å². The lowest BCUT2D eigenvalue weighted by Gasteiger charge is -2.36. The molecule has 24 heavy (non-hydrogen) atoms. The number of hydrogen-bond acceptors (Lipinski definition) is 4. The van der Waals surface area contributed by atoms with E-state index in [1.54, 1.807) is 0 Å². The fraction of sp³-hybridized carbons (Fsp3) is 0.632. The summed E-state index contributed by atoms with van der Waals surface area (Å²) in [5.41, 5.74) is 0.966. The molecule has 0 saturated heterocycles. The van der Waals surface area contributed by atoms with Gasteiger partial charge in [0.25, 0.3) is 0 Å². The third kappa shape index (κ3) is 3.94. The Bertz CT molecular complexity index is 587. The molecule has 5 nitrogen and oxygen atoms in total. The number of benzene rings is 1. The maximum atomic E-state index is 12.2. The fourth-order valence-corrected chi connectivity index (χ4v) is 3.65. The number of rotatable bonds is 4. The Morgan fingerprint density at radius 1 is 1.29 bits per heavy atom. The molecule has 1 saturated carbocycles. The highest BCUT2D eigenvalue weighted by Crippen LogP contribution is 2.35. The quantitative estimate of drug-likeness (QED) is 0.901. The zero-order valence-corrected chi connectivity index (χ0v) is 14.7. The van der Waals surface area contributed by atoms with E-state index in [1.165, 1.54) is 6.42 Å². The molecule has 132 valence electrons. The second-order valence-electron chi connectivity index (χ2n) is 7.31. The second-order valence-corrected chi connectivity index (χ2v) is 7.31. The van der Waals surface area contributed by atoms with Gasteiger partial charge in [-0.2, -0.15) is 0 Å². The predicted octanol–water partition coefficient (Wildman–Crippen LogP) is 4.10. The third-order valence-corrected chi connectivity index (χ3v) is 5.09. The summed E-state index contributed by atoms with van der Waals surface area (Å²) >= 11 is 0. The average molecular weight is 333 g/mol. The molecule has 0 radical (unpaired) electrons. The molecular formula is C19H27NO4. The summed E-state index contributed by atoms with van der Waals surface area (Å²) < 4.78 is 16.4. The first-order valence-corrected chi connectivity index (χ1v) is 8.86. The Kier molecular flexibility index (Phi) is 5.17. The van der Waals surface area contributed by atoms with Gasteiger partial charge in [-0.25, -0.2) is 4.79 Å². The van der Waals surface area contributed by atoms with Crippen molar-refractivity contribution in [2.24, 2.45) is 17.8 Å². The van der Waals surface area contributed by atoms with Crippen molar-refractivity contribution >= 4 is 6.09 Å². The van der Waals surface area contributed by atoms with Crippen LogP contribution in [-0.2, 0) is 11.3 Å². The Morgan fingerprint density at radius 3 is 2.88 bits per heavy atom. The zero-order valence-electron chi connectivity index (χ0n) is 14.7. The van der Waals surface area contributed by atoms with Crippen LogP contribution in [0, 0.1) is 17.8 Å². The van der Waals surface area contributed by atoms with E-state index in [2.05, 4.69) is 26.1 Å². The molecule has 1 aromatic carbocycles. The van der Waals surface area contributed by atoms with Gasteiger partial charge in [0.1, 0.15) is 6.10 Å². The van der Waals surface area contributed by atoms with Crippen molar-refractivity contribution in [3.05, 3.63) is 23.8 Å². The largest absolute Gasteiger partial charge is 0.454 e. The van der Waals surface area contributed by atoms with E-state index in [-0.39, 0.29) is 19.0 Å². The monoisotopic (exact) mass is 333 g/mol. The summed E-state index contributed by atoms with van der Waals surface area (Å²) in [6, 6.07) is 5.68. The normalized spacial score (nSPS) is 25.6. The molecule has 1 fully saturated rings. The average Bonchev–Trinajstić information content (AvgIpc) is 3.00. The summed E-state index contributed by atoms with van der Waals surface area (Å²) in [4.78, 5) is 12.2. The molecule has 1 aliphatic heterocycles. The molecular weight excluding hydrogens is 306 g/mol. The van der Waals surface area contributed by atoms with Crippen molar-refractivity contribution in [1.29, 1.82) is 0 Å².